The maximum absolute atomic E-state index is 11.3. The Morgan fingerprint density at radius 1 is 1.92 bits per heavy atom. The van der Waals surface area contributed by atoms with Crippen molar-refractivity contribution in [3.05, 3.63) is 16.6 Å². The normalized spacial score (nSPS) is 12.5. The van der Waals surface area contributed by atoms with Gasteiger partial charge in [0.2, 0.25) is 0 Å². The molecular formula is C7H9BrN2OS. The fraction of sp³-hybridized carbons (Fsp3) is 0.429. The zero-order chi connectivity index (χ0) is 8.97. The molecule has 0 saturated carbocycles. The quantitative estimate of drug-likeness (QED) is 0.828. The number of carbonyl (C=O) groups excluding carboxylic acids is 1. The van der Waals surface area contributed by atoms with E-state index in [2.05, 4.69) is 26.2 Å². The Labute approximate surface area is 83.3 Å². The van der Waals surface area contributed by atoms with Gasteiger partial charge in [-0.15, -0.1) is 11.3 Å². The number of nitrogens with one attached hydrogen (secondary N) is 1. The van der Waals surface area contributed by atoms with E-state index in [0.717, 1.165) is 5.33 Å². The fourth-order valence-corrected chi connectivity index (χ4v) is 1.35. The Morgan fingerprint density at radius 2 is 2.67 bits per heavy atom. The van der Waals surface area contributed by atoms with Crippen LogP contribution in [-0.4, -0.2) is 22.3 Å². The first-order valence-corrected chi connectivity index (χ1v) is 5.55. The van der Waals surface area contributed by atoms with Gasteiger partial charge in [0.05, 0.1) is 5.51 Å². The van der Waals surface area contributed by atoms with E-state index in [0.29, 0.717) is 5.69 Å². The third-order valence-corrected chi connectivity index (χ3v) is 2.83. The highest BCUT2D eigenvalue weighted by molar-refractivity contribution is 9.09. The molecule has 0 aromatic carbocycles. The van der Waals surface area contributed by atoms with Crippen molar-refractivity contribution in [1.29, 1.82) is 0 Å². The van der Waals surface area contributed by atoms with Crippen molar-refractivity contribution in [2.45, 2.75) is 13.0 Å². The number of hydrogen-bond donors (Lipinski definition) is 1. The van der Waals surface area contributed by atoms with Crippen molar-refractivity contribution < 1.29 is 4.79 Å². The number of rotatable bonds is 3. The van der Waals surface area contributed by atoms with Gasteiger partial charge in [-0.2, -0.15) is 0 Å². The van der Waals surface area contributed by atoms with Crippen molar-refractivity contribution in [3.8, 4) is 0 Å². The standard InChI is InChI=1S/C7H9BrN2OS/c1-5(2-8)10-7(11)6-3-12-4-9-6/h3-5H,2H2,1H3,(H,10,11). The molecule has 1 aromatic heterocycles. The maximum atomic E-state index is 11.3. The summed E-state index contributed by atoms with van der Waals surface area (Å²) in [7, 11) is 0. The predicted octanol–water partition coefficient (Wildman–Crippen LogP) is 1.66. The van der Waals surface area contributed by atoms with Crippen LogP contribution in [-0.2, 0) is 0 Å². The van der Waals surface area contributed by atoms with Crippen LogP contribution in [0.3, 0.4) is 0 Å². The minimum Gasteiger partial charge on any atom is -0.347 e. The van der Waals surface area contributed by atoms with E-state index in [9.17, 15) is 4.79 Å². The zero-order valence-corrected chi connectivity index (χ0v) is 8.98. The molecule has 1 N–H and O–H groups in total. The van der Waals surface area contributed by atoms with Gasteiger partial charge in [0, 0.05) is 16.8 Å². The number of nitrogens with zero attached hydrogens (tertiary/aromatic N) is 1. The van der Waals surface area contributed by atoms with Crippen LogP contribution in [0.4, 0.5) is 0 Å². The lowest BCUT2D eigenvalue weighted by atomic mass is 10.3. The number of alkyl halides is 1. The third kappa shape index (κ3) is 2.57. The molecule has 5 heteroatoms. The Balaban J connectivity index is 2.50. The molecule has 3 nitrogen and oxygen atoms in total. The number of amides is 1. The minimum atomic E-state index is -0.108. The maximum Gasteiger partial charge on any atom is 0.270 e. The Morgan fingerprint density at radius 3 is 3.17 bits per heavy atom. The monoisotopic (exact) mass is 248 g/mol. The number of hydrogen-bond acceptors (Lipinski definition) is 3. The average molecular weight is 249 g/mol. The van der Waals surface area contributed by atoms with Gasteiger partial charge in [0.15, 0.2) is 0 Å². The molecule has 12 heavy (non-hydrogen) atoms. The molecule has 1 amide bonds. The van der Waals surface area contributed by atoms with E-state index in [1.165, 1.54) is 11.3 Å². The minimum absolute atomic E-state index is 0.108. The van der Waals surface area contributed by atoms with Gasteiger partial charge in [-0.05, 0) is 6.92 Å². The summed E-state index contributed by atoms with van der Waals surface area (Å²) in [6, 6.07) is 0.138. The van der Waals surface area contributed by atoms with Crippen molar-refractivity contribution in [2.24, 2.45) is 0 Å². The smallest absolute Gasteiger partial charge is 0.270 e. The Bertz CT molecular complexity index is 250. The SMILES string of the molecule is CC(CBr)NC(=O)c1cscn1. The molecule has 0 radical (unpaired) electrons. The first kappa shape index (κ1) is 9.67. The van der Waals surface area contributed by atoms with Crippen LogP contribution in [0, 0.1) is 0 Å². The number of carbonyl (C=O) groups is 1. The van der Waals surface area contributed by atoms with Crippen LogP contribution in [0.15, 0.2) is 10.9 Å². The first-order chi connectivity index (χ1) is 5.74. The molecule has 1 heterocycles. The van der Waals surface area contributed by atoms with Crippen molar-refractivity contribution >= 4 is 33.2 Å². The Kier molecular flexibility index (Phi) is 3.68. The second-order valence-corrected chi connectivity index (χ2v) is 3.77. The Hall–Kier alpha value is -0.420. The molecule has 1 atom stereocenters. The van der Waals surface area contributed by atoms with E-state index in [1.54, 1.807) is 10.9 Å². The van der Waals surface area contributed by atoms with Gasteiger partial charge >= 0.3 is 0 Å². The first-order valence-electron chi connectivity index (χ1n) is 3.49. The summed E-state index contributed by atoms with van der Waals surface area (Å²) in [5.41, 5.74) is 2.14. The molecular weight excluding hydrogens is 240 g/mol. The molecule has 1 rings (SSSR count). The van der Waals surface area contributed by atoms with E-state index >= 15 is 0 Å². The van der Waals surface area contributed by atoms with Crippen LogP contribution < -0.4 is 5.32 Å². The van der Waals surface area contributed by atoms with Crippen LogP contribution in [0.5, 0.6) is 0 Å². The number of halogens is 1. The van der Waals surface area contributed by atoms with E-state index in [-0.39, 0.29) is 11.9 Å². The molecule has 0 spiro atoms. The second kappa shape index (κ2) is 4.57. The van der Waals surface area contributed by atoms with E-state index < -0.39 is 0 Å². The van der Waals surface area contributed by atoms with Gasteiger partial charge < -0.3 is 5.32 Å². The number of thiazole rings is 1. The van der Waals surface area contributed by atoms with E-state index in [4.69, 9.17) is 0 Å². The summed E-state index contributed by atoms with van der Waals surface area (Å²) in [5, 5.41) is 5.28. The summed E-state index contributed by atoms with van der Waals surface area (Å²) in [4.78, 5) is 15.2. The van der Waals surface area contributed by atoms with Crippen LogP contribution in [0.2, 0.25) is 0 Å². The van der Waals surface area contributed by atoms with Gasteiger partial charge in [-0.3, -0.25) is 4.79 Å². The van der Waals surface area contributed by atoms with Crippen molar-refractivity contribution in [1.82, 2.24) is 10.3 Å². The third-order valence-electron chi connectivity index (χ3n) is 1.27. The summed E-state index contributed by atoms with van der Waals surface area (Å²) >= 11 is 4.69. The summed E-state index contributed by atoms with van der Waals surface area (Å²) < 4.78 is 0. The lowest BCUT2D eigenvalue weighted by Gasteiger charge is -2.08. The zero-order valence-electron chi connectivity index (χ0n) is 6.58. The molecule has 0 fully saturated rings. The fourth-order valence-electron chi connectivity index (χ4n) is 0.661. The topological polar surface area (TPSA) is 42.0 Å². The lowest BCUT2D eigenvalue weighted by Crippen LogP contribution is -2.33. The summed E-state index contributed by atoms with van der Waals surface area (Å²) in [5.74, 6) is -0.108. The van der Waals surface area contributed by atoms with Crippen molar-refractivity contribution in [3.63, 3.8) is 0 Å². The van der Waals surface area contributed by atoms with Gasteiger partial charge in [0.25, 0.3) is 5.91 Å². The highest BCUT2D eigenvalue weighted by atomic mass is 79.9. The summed E-state index contributed by atoms with van der Waals surface area (Å²) in [6.07, 6.45) is 0. The largest absolute Gasteiger partial charge is 0.347 e. The van der Waals surface area contributed by atoms with Crippen LogP contribution >= 0.6 is 27.3 Å². The van der Waals surface area contributed by atoms with Gasteiger partial charge in [-0.1, -0.05) is 15.9 Å². The van der Waals surface area contributed by atoms with E-state index in [1.807, 2.05) is 6.92 Å². The highest BCUT2D eigenvalue weighted by Crippen LogP contribution is 2.01. The van der Waals surface area contributed by atoms with Gasteiger partial charge in [0.1, 0.15) is 5.69 Å². The average Bonchev–Trinajstić information content (AvgIpc) is 2.56. The lowest BCUT2D eigenvalue weighted by molar-refractivity contribution is 0.0939. The molecule has 66 valence electrons. The van der Waals surface area contributed by atoms with Crippen molar-refractivity contribution in [2.75, 3.05) is 5.33 Å². The number of aromatic nitrogens is 1. The predicted molar refractivity (Wildman–Crippen MR) is 52.8 cm³/mol. The molecule has 1 unspecified atom stereocenters. The highest BCUT2D eigenvalue weighted by Gasteiger charge is 2.09. The molecule has 0 aliphatic heterocycles. The molecule has 0 aliphatic carbocycles. The van der Waals surface area contributed by atoms with Crippen LogP contribution in [0.25, 0.3) is 0 Å². The summed E-state index contributed by atoms with van der Waals surface area (Å²) in [6.45, 7) is 1.93. The second-order valence-electron chi connectivity index (χ2n) is 2.40. The molecule has 1 aromatic rings. The molecule has 0 bridgehead atoms. The van der Waals surface area contributed by atoms with Gasteiger partial charge in [-0.25, -0.2) is 4.98 Å². The van der Waals surface area contributed by atoms with Crippen LogP contribution in [0.1, 0.15) is 17.4 Å². The molecule has 0 saturated heterocycles. The molecule has 0 aliphatic rings.